The van der Waals surface area contributed by atoms with Crippen LogP contribution < -0.4 is 5.32 Å². The van der Waals surface area contributed by atoms with Gasteiger partial charge in [-0.15, -0.1) is 0 Å². The highest BCUT2D eigenvalue weighted by Gasteiger charge is 2.04. The van der Waals surface area contributed by atoms with Crippen LogP contribution in [0.1, 0.15) is 38.8 Å². The summed E-state index contributed by atoms with van der Waals surface area (Å²) < 4.78 is 0. The first-order chi connectivity index (χ1) is 7.63. The Morgan fingerprint density at radius 2 is 1.56 bits per heavy atom. The number of benzene rings is 1. The van der Waals surface area contributed by atoms with Gasteiger partial charge in [0, 0.05) is 6.04 Å². The van der Waals surface area contributed by atoms with E-state index in [1.807, 2.05) is 0 Å². The zero-order valence-electron chi connectivity index (χ0n) is 11.1. The standard InChI is InChI=1S/C15H25N/c1-5-14-6-8-15(9-7-14)10-11-16-13(4)12(2)3/h6-9,12-13,16H,5,10-11H2,1-4H3. The summed E-state index contributed by atoms with van der Waals surface area (Å²) in [5.41, 5.74) is 2.85. The van der Waals surface area contributed by atoms with Gasteiger partial charge in [0.15, 0.2) is 0 Å². The molecule has 0 aliphatic heterocycles. The molecule has 0 aliphatic rings. The maximum absolute atomic E-state index is 3.56. The maximum Gasteiger partial charge on any atom is 0.00618 e. The van der Waals surface area contributed by atoms with E-state index in [0.29, 0.717) is 12.0 Å². The second-order valence-corrected chi connectivity index (χ2v) is 4.91. The van der Waals surface area contributed by atoms with Gasteiger partial charge in [0.25, 0.3) is 0 Å². The van der Waals surface area contributed by atoms with Crippen molar-refractivity contribution < 1.29 is 0 Å². The van der Waals surface area contributed by atoms with Crippen molar-refractivity contribution in [2.75, 3.05) is 6.54 Å². The molecule has 0 saturated carbocycles. The Morgan fingerprint density at radius 1 is 1.00 bits per heavy atom. The summed E-state index contributed by atoms with van der Waals surface area (Å²) >= 11 is 0. The van der Waals surface area contributed by atoms with Gasteiger partial charge in [-0.2, -0.15) is 0 Å². The predicted molar refractivity (Wildman–Crippen MR) is 71.8 cm³/mol. The van der Waals surface area contributed by atoms with Gasteiger partial charge in [0.2, 0.25) is 0 Å². The van der Waals surface area contributed by atoms with Crippen molar-refractivity contribution in [2.45, 2.75) is 46.6 Å². The minimum absolute atomic E-state index is 0.606. The number of nitrogens with one attached hydrogen (secondary N) is 1. The lowest BCUT2D eigenvalue weighted by atomic mass is 10.1. The Labute approximate surface area is 100 Å². The van der Waals surface area contributed by atoms with Crippen LogP contribution in [0.4, 0.5) is 0 Å². The zero-order valence-corrected chi connectivity index (χ0v) is 11.1. The minimum atomic E-state index is 0.606. The maximum atomic E-state index is 3.56. The third-order valence-corrected chi connectivity index (χ3v) is 3.31. The van der Waals surface area contributed by atoms with E-state index in [9.17, 15) is 0 Å². The highest BCUT2D eigenvalue weighted by atomic mass is 14.9. The molecule has 0 spiro atoms. The quantitative estimate of drug-likeness (QED) is 0.773. The fourth-order valence-electron chi connectivity index (χ4n) is 1.62. The Hall–Kier alpha value is -0.820. The molecule has 1 heteroatoms. The summed E-state index contributed by atoms with van der Waals surface area (Å²) in [4.78, 5) is 0. The first-order valence-electron chi connectivity index (χ1n) is 6.44. The molecule has 0 aromatic heterocycles. The van der Waals surface area contributed by atoms with E-state index in [2.05, 4.69) is 57.3 Å². The lowest BCUT2D eigenvalue weighted by Gasteiger charge is -2.17. The molecule has 16 heavy (non-hydrogen) atoms. The molecule has 1 rings (SSSR count). The average molecular weight is 219 g/mol. The van der Waals surface area contributed by atoms with Crippen molar-refractivity contribution in [2.24, 2.45) is 5.92 Å². The molecular weight excluding hydrogens is 194 g/mol. The van der Waals surface area contributed by atoms with Crippen LogP contribution in [-0.4, -0.2) is 12.6 Å². The number of hydrogen-bond acceptors (Lipinski definition) is 1. The summed E-state index contributed by atoms with van der Waals surface area (Å²) in [5.74, 6) is 0.711. The van der Waals surface area contributed by atoms with Crippen LogP contribution in [0.5, 0.6) is 0 Å². The van der Waals surface area contributed by atoms with E-state index >= 15 is 0 Å². The minimum Gasteiger partial charge on any atom is -0.314 e. The van der Waals surface area contributed by atoms with Crippen molar-refractivity contribution >= 4 is 0 Å². The van der Waals surface area contributed by atoms with Crippen LogP contribution in [0.15, 0.2) is 24.3 Å². The largest absolute Gasteiger partial charge is 0.314 e. The topological polar surface area (TPSA) is 12.0 Å². The number of rotatable bonds is 6. The van der Waals surface area contributed by atoms with E-state index in [4.69, 9.17) is 0 Å². The average Bonchev–Trinajstić information content (AvgIpc) is 2.29. The van der Waals surface area contributed by atoms with Crippen molar-refractivity contribution in [3.05, 3.63) is 35.4 Å². The number of hydrogen-bond donors (Lipinski definition) is 1. The van der Waals surface area contributed by atoms with Crippen LogP contribution >= 0.6 is 0 Å². The van der Waals surface area contributed by atoms with Gasteiger partial charge in [-0.05, 0) is 43.4 Å². The first-order valence-corrected chi connectivity index (χ1v) is 6.44. The molecule has 1 N–H and O–H groups in total. The smallest absolute Gasteiger partial charge is 0.00618 e. The van der Waals surface area contributed by atoms with Crippen LogP contribution in [0.25, 0.3) is 0 Å². The molecule has 1 aromatic carbocycles. The fraction of sp³-hybridized carbons (Fsp3) is 0.600. The van der Waals surface area contributed by atoms with Gasteiger partial charge in [-0.1, -0.05) is 45.0 Å². The molecule has 0 amide bonds. The predicted octanol–water partition coefficient (Wildman–Crippen LogP) is 3.43. The van der Waals surface area contributed by atoms with Crippen molar-refractivity contribution in [3.8, 4) is 0 Å². The van der Waals surface area contributed by atoms with Gasteiger partial charge < -0.3 is 5.32 Å². The second kappa shape index (κ2) is 6.70. The fourth-order valence-corrected chi connectivity index (χ4v) is 1.62. The monoisotopic (exact) mass is 219 g/mol. The van der Waals surface area contributed by atoms with Crippen LogP contribution in [0, 0.1) is 5.92 Å². The molecule has 1 atom stereocenters. The molecule has 0 radical (unpaired) electrons. The molecule has 0 bridgehead atoms. The zero-order chi connectivity index (χ0) is 12.0. The molecule has 1 unspecified atom stereocenters. The summed E-state index contributed by atoms with van der Waals surface area (Å²) in [6.07, 6.45) is 2.25. The van der Waals surface area contributed by atoms with E-state index in [1.54, 1.807) is 0 Å². The van der Waals surface area contributed by atoms with Crippen LogP contribution in [-0.2, 0) is 12.8 Å². The van der Waals surface area contributed by atoms with Gasteiger partial charge in [0.1, 0.15) is 0 Å². The molecule has 0 saturated heterocycles. The molecule has 0 fully saturated rings. The second-order valence-electron chi connectivity index (χ2n) is 4.91. The molecule has 1 aromatic rings. The van der Waals surface area contributed by atoms with E-state index in [1.165, 1.54) is 11.1 Å². The Kier molecular flexibility index (Phi) is 5.54. The Morgan fingerprint density at radius 3 is 2.06 bits per heavy atom. The summed E-state index contributed by atoms with van der Waals surface area (Å²) in [6.45, 7) is 10.0. The third-order valence-electron chi connectivity index (χ3n) is 3.31. The van der Waals surface area contributed by atoms with Gasteiger partial charge >= 0.3 is 0 Å². The van der Waals surface area contributed by atoms with E-state index in [0.717, 1.165) is 19.4 Å². The highest BCUT2D eigenvalue weighted by molar-refractivity contribution is 5.22. The molecule has 1 nitrogen and oxygen atoms in total. The lowest BCUT2D eigenvalue weighted by molar-refractivity contribution is 0.430. The Balaban J connectivity index is 2.31. The lowest BCUT2D eigenvalue weighted by Crippen LogP contribution is -2.32. The molecule has 90 valence electrons. The number of aryl methyl sites for hydroxylation is 1. The Bertz CT molecular complexity index is 287. The van der Waals surface area contributed by atoms with Crippen molar-refractivity contribution in [1.29, 1.82) is 0 Å². The normalized spacial score (nSPS) is 13.1. The first kappa shape index (κ1) is 13.2. The SMILES string of the molecule is CCc1ccc(CCNC(C)C(C)C)cc1. The van der Waals surface area contributed by atoms with E-state index in [-0.39, 0.29) is 0 Å². The molecular formula is C15H25N. The summed E-state index contributed by atoms with van der Waals surface area (Å²) in [5, 5.41) is 3.56. The highest BCUT2D eigenvalue weighted by Crippen LogP contribution is 2.06. The third kappa shape index (κ3) is 4.36. The van der Waals surface area contributed by atoms with E-state index < -0.39 is 0 Å². The summed E-state index contributed by atoms with van der Waals surface area (Å²) in [6, 6.07) is 9.58. The van der Waals surface area contributed by atoms with Crippen molar-refractivity contribution in [3.63, 3.8) is 0 Å². The summed E-state index contributed by atoms with van der Waals surface area (Å²) in [7, 11) is 0. The van der Waals surface area contributed by atoms with Crippen molar-refractivity contribution in [1.82, 2.24) is 5.32 Å². The van der Waals surface area contributed by atoms with Crippen LogP contribution in [0.2, 0.25) is 0 Å². The molecule has 0 aliphatic carbocycles. The molecule has 0 heterocycles. The van der Waals surface area contributed by atoms with Crippen LogP contribution in [0.3, 0.4) is 0 Å². The van der Waals surface area contributed by atoms with Gasteiger partial charge in [0.05, 0.1) is 0 Å². The van der Waals surface area contributed by atoms with Gasteiger partial charge in [-0.3, -0.25) is 0 Å². The van der Waals surface area contributed by atoms with Gasteiger partial charge in [-0.25, -0.2) is 0 Å².